The second-order valence-corrected chi connectivity index (χ2v) is 4.15. The van der Waals surface area contributed by atoms with Gasteiger partial charge in [0.05, 0.1) is 25.4 Å². The quantitative estimate of drug-likeness (QED) is 0.772. The lowest BCUT2D eigenvalue weighted by atomic mass is 10.2. The van der Waals surface area contributed by atoms with Crippen LogP contribution in [0.2, 0.25) is 0 Å². The Bertz CT molecular complexity index is 546. The van der Waals surface area contributed by atoms with Crippen LogP contribution in [-0.2, 0) is 11.3 Å². The summed E-state index contributed by atoms with van der Waals surface area (Å²) < 4.78 is 12.0. The Morgan fingerprint density at radius 1 is 1.32 bits per heavy atom. The first kappa shape index (κ1) is 13.1. The Labute approximate surface area is 111 Å². The number of esters is 1. The van der Waals surface area contributed by atoms with Gasteiger partial charge in [0, 0.05) is 6.20 Å². The number of nitrogens with zero attached hydrogens (tertiary/aromatic N) is 2. The first-order valence-electron chi connectivity index (χ1n) is 5.99. The Morgan fingerprint density at radius 3 is 2.63 bits per heavy atom. The SMILES string of the molecule is COC(=O)c1ccc(OCCn2cc(C)cn2)cc1. The first-order chi connectivity index (χ1) is 9.19. The van der Waals surface area contributed by atoms with Crippen LogP contribution in [0.25, 0.3) is 0 Å². The van der Waals surface area contributed by atoms with Gasteiger partial charge in [-0.25, -0.2) is 4.79 Å². The van der Waals surface area contributed by atoms with Crippen LogP contribution in [0.5, 0.6) is 5.75 Å². The average molecular weight is 260 g/mol. The number of hydrogen-bond donors (Lipinski definition) is 0. The molecular formula is C14H16N2O3. The number of carbonyl (C=O) groups is 1. The average Bonchev–Trinajstić information content (AvgIpc) is 2.84. The highest BCUT2D eigenvalue weighted by Gasteiger charge is 2.04. The molecule has 0 aliphatic carbocycles. The number of hydrogen-bond acceptors (Lipinski definition) is 4. The third-order valence-corrected chi connectivity index (χ3v) is 2.63. The minimum atomic E-state index is -0.349. The van der Waals surface area contributed by atoms with Gasteiger partial charge in [-0.15, -0.1) is 0 Å². The van der Waals surface area contributed by atoms with Gasteiger partial charge in [-0.05, 0) is 36.8 Å². The summed E-state index contributed by atoms with van der Waals surface area (Å²) in [5.74, 6) is 0.370. The second-order valence-electron chi connectivity index (χ2n) is 4.15. The van der Waals surface area contributed by atoms with Crippen LogP contribution in [0, 0.1) is 6.92 Å². The van der Waals surface area contributed by atoms with Crippen LogP contribution in [0.4, 0.5) is 0 Å². The van der Waals surface area contributed by atoms with E-state index >= 15 is 0 Å². The number of aryl methyl sites for hydroxylation is 1. The minimum Gasteiger partial charge on any atom is -0.492 e. The van der Waals surface area contributed by atoms with Gasteiger partial charge in [0.2, 0.25) is 0 Å². The van der Waals surface area contributed by atoms with Crippen molar-refractivity contribution < 1.29 is 14.3 Å². The van der Waals surface area contributed by atoms with E-state index in [0.717, 1.165) is 11.3 Å². The molecule has 0 saturated carbocycles. The molecule has 2 rings (SSSR count). The summed E-state index contributed by atoms with van der Waals surface area (Å²) in [7, 11) is 1.36. The van der Waals surface area contributed by atoms with Gasteiger partial charge in [-0.3, -0.25) is 4.68 Å². The summed E-state index contributed by atoms with van der Waals surface area (Å²) in [6.07, 6.45) is 3.77. The van der Waals surface area contributed by atoms with E-state index in [4.69, 9.17) is 4.74 Å². The minimum absolute atomic E-state index is 0.349. The number of methoxy groups -OCH3 is 1. The maximum Gasteiger partial charge on any atom is 0.337 e. The number of rotatable bonds is 5. The predicted octanol–water partition coefficient (Wildman–Crippen LogP) is 2.06. The van der Waals surface area contributed by atoms with Crippen molar-refractivity contribution in [3.05, 3.63) is 47.8 Å². The molecule has 1 aromatic heterocycles. The van der Waals surface area contributed by atoms with E-state index in [1.807, 2.05) is 24.0 Å². The highest BCUT2D eigenvalue weighted by molar-refractivity contribution is 5.89. The van der Waals surface area contributed by atoms with E-state index < -0.39 is 0 Å². The van der Waals surface area contributed by atoms with Crippen LogP contribution in [0.3, 0.4) is 0 Å². The molecule has 0 amide bonds. The van der Waals surface area contributed by atoms with Gasteiger partial charge in [-0.2, -0.15) is 5.10 Å². The molecule has 1 heterocycles. The van der Waals surface area contributed by atoms with Crippen LogP contribution in [0.15, 0.2) is 36.7 Å². The zero-order chi connectivity index (χ0) is 13.7. The lowest BCUT2D eigenvalue weighted by Crippen LogP contribution is -2.08. The van der Waals surface area contributed by atoms with Crippen LogP contribution in [0.1, 0.15) is 15.9 Å². The third kappa shape index (κ3) is 3.58. The van der Waals surface area contributed by atoms with E-state index in [1.54, 1.807) is 24.3 Å². The lowest BCUT2D eigenvalue weighted by molar-refractivity contribution is 0.0600. The van der Waals surface area contributed by atoms with Gasteiger partial charge < -0.3 is 9.47 Å². The first-order valence-corrected chi connectivity index (χ1v) is 5.99. The topological polar surface area (TPSA) is 53.4 Å². The largest absolute Gasteiger partial charge is 0.492 e. The molecule has 0 atom stereocenters. The molecule has 1 aromatic carbocycles. The smallest absolute Gasteiger partial charge is 0.337 e. The predicted molar refractivity (Wildman–Crippen MR) is 70.2 cm³/mol. The van der Waals surface area contributed by atoms with Gasteiger partial charge in [0.1, 0.15) is 12.4 Å². The van der Waals surface area contributed by atoms with Crippen molar-refractivity contribution >= 4 is 5.97 Å². The molecule has 0 radical (unpaired) electrons. The molecular weight excluding hydrogens is 244 g/mol. The van der Waals surface area contributed by atoms with Crippen molar-refractivity contribution in [2.75, 3.05) is 13.7 Å². The van der Waals surface area contributed by atoms with Crippen LogP contribution < -0.4 is 4.74 Å². The maximum atomic E-state index is 11.3. The number of aromatic nitrogens is 2. The fourth-order valence-corrected chi connectivity index (χ4v) is 1.65. The molecule has 100 valence electrons. The fraction of sp³-hybridized carbons (Fsp3) is 0.286. The van der Waals surface area contributed by atoms with E-state index in [9.17, 15) is 4.79 Å². The van der Waals surface area contributed by atoms with Crippen molar-refractivity contribution in [1.29, 1.82) is 0 Å². The molecule has 5 nitrogen and oxygen atoms in total. The normalized spacial score (nSPS) is 10.2. The van der Waals surface area contributed by atoms with Crippen molar-refractivity contribution in [2.24, 2.45) is 0 Å². The zero-order valence-electron chi connectivity index (χ0n) is 11.0. The van der Waals surface area contributed by atoms with Gasteiger partial charge in [-0.1, -0.05) is 0 Å². The van der Waals surface area contributed by atoms with Crippen molar-refractivity contribution in [2.45, 2.75) is 13.5 Å². The molecule has 2 aromatic rings. The standard InChI is InChI=1S/C14H16N2O3/c1-11-9-15-16(10-11)7-8-19-13-5-3-12(4-6-13)14(17)18-2/h3-6,9-10H,7-8H2,1-2H3. The van der Waals surface area contributed by atoms with Crippen molar-refractivity contribution in [3.63, 3.8) is 0 Å². The molecule has 5 heteroatoms. The maximum absolute atomic E-state index is 11.3. The molecule has 0 fully saturated rings. The van der Waals surface area contributed by atoms with E-state index in [-0.39, 0.29) is 5.97 Å². The van der Waals surface area contributed by atoms with Crippen molar-refractivity contribution in [1.82, 2.24) is 9.78 Å². The molecule has 0 bridgehead atoms. The summed E-state index contributed by atoms with van der Waals surface area (Å²) >= 11 is 0. The van der Waals surface area contributed by atoms with E-state index in [2.05, 4.69) is 9.84 Å². The van der Waals surface area contributed by atoms with Gasteiger partial charge in [0.25, 0.3) is 0 Å². The summed E-state index contributed by atoms with van der Waals surface area (Å²) in [6.45, 7) is 3.21. The van der Waals surface area contributed by atoms with E-state index in [0.29, 0.717) is 18.7 Å². The summed E-state index contributed by atoms with van der Waals surface area (Å²) in [6, 6.07) is 6.86. The lowest BCUT2D eigenvalue weighted by Gasteiger charge is -2.07. The molecule has 0 N–H and O–H groups in total. The molecule has 19 heavy (non-hydrogen) atoms. The third-order valence-electron chi connectivity index (χ3n) is 2.63. The molecule has 0 spiro atoms. The number of ether oxygens (including phenoxy) is 2. The Morgan fingerprint density at radius 2 is 2.05 bits per heavy atom. The van der Waals surface area contributed by atoms with Crippen molar-refractivity contribution in [3.8, 4) is 5.75 Å². The highest BCUT2D eigenvalue weighted by Crippen LogP contribution is 2.12. The zero-order valence-corrected chi connectivity index (χ0v) is 11.0. The summed E-state index contributed by atoms with van der Waals surface area (Å²) in [5, 5.41) is 4.17. The monoisotopic (exact) mass is 260 g/mol. The highest BCUT2D eigenvalue weighted by atomic mass is 16.5. The Balaban J connectivity index is 1.84. The molecule has 0 aliphatic heterocycles. The Hall–Kier alpha value is -2.30. The fourth-order valence-electron chi connectivity index (χ4n) is 1.65. The molecule has 0 saturated heterocycles. The molecule has 0 aliphatic rings. The van der Waals surface area contributed by atoms with E-state index in [1.165, 1.54) is 7.11 Å². The molecule has 0 unspecified atom stereocenters. The number of benzene rings is 1. The van der Waals surface area contributed by atoms with Crippen LogP contribution in [-0.4, -0.2) is 29.5 Å². The summed E-state index contributed by atoms with van der Waals surface area (Å²) in [4.78, 5) is 11.3. The second kappa shape index (κ2) is 6.04. The Kier molecular flexibility index (Phi) is 4.18. The van der Waals surface area contributed by atoms with Gasteiger partial charge >= 0.3 is 5.97 Å². The number of carbonyl (C=O) groups excluding carboxylic acids is 1. The van der Waals surface area contributed by atoms with Crippen LogP contribution >= 0.6 is 0 Å². The van der Waals surface area contributed by atoms with Gasteiger partial charge in [0.15, 0.2) is 0 Å². The summed E-state index contributed by atoms with van der Waals surface area (Å²) in [5.41, 5.74) is 1.64.